The number of carbonyl (C=O) groups is 2. The molecule has 1 unspecified atom stereocenters. The highest BCUT2D eigenvalue weighted by atomic mass is 32.1. The van der Waals surface area contributed by atoms with Crippen molar-refractivity contribution in [1.82, 2.24) is 14.8 Å². The summed E-state index contributed by atoms with van der Waals surface area (Å²) >= 11 is 1.27. The molecule has 0 spiro atoms. The van der Waals surface area contributed by atoms with Crippen molar-refractivity contribution in [1.29, 1.82) is 0 Å². The van der Waals surface area contributed by atoms with Crippen molar-refractivity contribution in [2.45, 2.75) is 40.2 Å². The average Bonchev–Trinajstić information content (AvgIpc) is 3.27. The molecular formula is C26H35N3O5S. The van der Waals surface area contributed by atoms with E-state index >= 15 is 0 Å². The summed E-state index contributed by atoms with van der Waals surface area (Å²) < 4.78 is 11.5. The SMILES string of the molecule is COc1cc(C2C(C(=O)c3sc(C)nc3C)=C(O)C(=O)N2CCCN(C)C)ccc1OCC(C)C. The van der Waals surface area contributed by atoms with Gasteiger partial charge in [0.05, 0.1) is 40.9 Å². The predicted octanol–water partition coefficient (Wildman–Crippen LogP) is 4.33. The van der Waals surface area contributed by atoms with Crippen molar-refractivity contribution in [3.63, 3.8) is 0 Å². The molecular weight excluding hydrogens is 466 g/mol. The second kappa shape index (κ2) is 11.2. The van der Waals surface area contributed by atoms with Gasteiger partial charge in [-0.2, -0.15) is 0 Å². The van der Waals surface area contributed by atoms with Crippen LogP contribution in [0.1, 0.15) is 52.2 Å². The van der Waals surface area contributed by atoms with Gasteiger partial charge in [0.25, 0.3) is 5.91 Å². The van der Waals surface area contributed by atoms with Crippen LogP contribution in [-0.4, -0.2) is 72.5 Å². The Morgan fingerprint density at radius 3 is 2.54 bits per heavy atom. The van der Waals surface area contributed by atoms with Crippen molar-refractivity contribution in [2.24, 2.45) is 5.92 Å². The molecule has 1 aromatic carbocycles. The lowest BCUT2D eigenvalue weighted by Crippen LogP contribution is -2.33. The highest BCUT2D eigenvalue weighted by Gasteiger charge is 2.44. The van der Waals surface area contributed by atoms with Crippen LogP contribution in [0.3, 0.4) is 0 Å². The van der Waals surface area contributed by atoms with Gasteiger partial charge in [0, 0.05) is 6.54 Å². The molecule has 1 amide bonds. The molecule has 1 aromatic heterocycles. The molecule has 2 aromatic rings. The quantitative estimate of drug-likeness (QED) is 0.458. The Labute approximate surface area is 211 Å². The first-order valence-electron chi connectivity index (χ1n) is 11.7. The maximum absolute atomic E-state index is 13.7. The summed E-state index contributed by atoms with van der Waals surface area (Å²) in [6.07, 6.45) is 0.690. The topological polar surface area (TPSA) is 92.2 Å². The normalized spacial score (nSPS) is 16.1. The summed E-state index contributed by atoms with van der Waals surface area (Å²) in [5, 5.41) is 11.7. The number of thiazole rings is 1. The van der Waals surface area contributed by atoms with Crippen LogP contribution >= 0.6 is 11.3 Å². The number of aryl methyl sites for hydroxylation is 2. The van der Waals surface area contributed by atoms with Crippen LogP contribution in [0.15, 0.2) is 29.5 Å². The number of hydrogen-bond donors (Lipinski definition) is 1. The van der Waals surface area contributed by atoms with Gasteiger partial charge in [-0.15, -0.1) is 11.3 Å². The molecule has 2 heterocycles. The fourth-order valence-corrected chi connectivity index (χ4v) is 4.99. The Bertz CT molecular complexity index is 1120. The lowest BCUT2D eigenvalue weighted by molar-refractivity contribution is -0.129. The first-order chi connectivity index (χ1) is 16.5. The minimum absolute atomic E-state index is 0.0736. The molecule has 0 radical (unpaired) electrons. The van der Waals surface area contributed by atoms with Crippen molar-refractivity contribution >= 4 is 23.0 Å². The van der Waals surface area contributed by atoms with Gasteiger partial charge in [0.15, 0.2) is 17.3 Å². The van der Waals surface area contributed by atoms with Gasteiger partial charge in [-0.25, -0.2) is 4.98 Å². The summed E-state index contributed by atoms with van der Waals surface area (Å²) in [6, 6.07) is 4.65. The van der Waals surface area contributed by atoms with E-state index in [9.17, 15) is 14.7 Å². The summed E-state index contributed by atoms with van der Waals surface area (Å²) in [7, 11) is 5.48. The molecule has 0 saturated carbocycles. The van der Waals surface area contributed by atoms with Crippen LogP contribution in [0.4, 0.5) is 0 Å². The lowest BCUT2D eigenvalue weighted by Gasteiger charge is -2.28. The zero-order valence-corrected chi connectivity index (χ0v) is 22.4. The molecule has 3 rings (SSSR count). The van der Waals surface area contributed by atoms with Crippen LogP contribution in [0.2, 0.25) is 0 Å². The van der Waals surface area contributed by atoms with Gasteiger partial charge in [0.1, 0.15) is 0 Å². The number of aliphatic hydroxyl groups is 1. The number of ketones is 1. The Morgan fingerprint density at radius 1 is 1.26 bits per heavy atom. The van der Waals surface area contributed by atoms with E-state index in [2.05, 4.69) is 18.8 Å². The standard InChI is InChI=1S/C26H35N3O5S/c1-15(2)14-34-19-10-9-18(13-20(19)33-7)22-21(23(30)25-16(3)27-17(4)35-25)24(31)26(32)29(22)12-8-11-28(5)6/h9-10,13,15,22,31H,8,11-12,14H2,1-7H3. The number of Topliss-reactive ketones (excluding diaryl/α,β-unsaturated/α-hetero) is 1. The van der Waals surface area contributed by atoms with Crippen molar-refractivity contribution in [3.05, 3.63) is 50.7 Å². The second-order valence-electron chi connectivity index (χ2n) is 9.41. The number of carbonyl (C=O) groups excluding carboxylic acids is 2. The van der Waals surface area contributed by atoms with Crippen LogP contribution in [0, 0.1) is 19.8 Å². The molecule has 35 heavy (non-hydrogen) atoms. The number of hydrogen-bond acceptors (Lipinski definition) is 8. The summed E-state index contributed by atoms with van der Waals surface area (Å²) in [6.45, 7) is 9.39. The Kier molecular flexibility index (Phi) is 8.56. The molecule has 1 N–H and O–H groups in total. The van der Waals surface area contributed by atoms with E-state index in [0.717, 1.165) is 11.6 Å². The molecule has 1 aliphatic rings. The molecule has 1 aliphatic heterocycles. The summed E-state index contributed by atoms with van der Waals surface area (Å²) in [4.78, 5) is 35.2. The van der Waals surface area contributed by atoms with Gasteiger partial charge in [-0.05, 0) is 64.5 Å². The van der Waals surface area contributed by atoms with Gasteiger partial charge in [-0.3, -0.25) is 9.59 Å². The highest BCUT2D eigenvalue weighted by molar-refractivity contribution is 7.14. The fraction of sp³-hybridized carbons (Fsp3) is 0.500. The molecule has 8 nitrogen and oxygen atoms in total. The Morgan fingerprint density at radius 2 is 1.97 bits per heavy atom. The molecule has 0 bridgehead atoms. The molecule has 9 heteroatoms. The van der Waals surface area contributed by atoms with Gasteiger partial charge < -0.3 is 24.4 Å². The number of methoxy groups -OCH3 is 1. The van der Waals surface area contributed by atoms with E-state index in [1.165, 1.54) is 11.3 Å². The third-order valence-corrected chi connectivity index (χ3v) is 6.81. The van der Waals surface area contributed by atoms with E-state index in [1.54, 1.807) is 31.1 Å². The smallest absolute Gasteiger partial charge is 0.290 e. The number of benzene rings is 1. The average molecular weight is 502 g/mol. The first-order valence-corrected chi connectivity index (χ1v) is 12.5. The maximum Gasteiger partial charge on any atom is 0.290 e. The van der Waals surface area contributed by atoms with Gasteiger partial charge in [0.2, 0.25) is 5.78 Å². The van der Waals surface area contributed by atoms with E-state index in [1.807, 2.05) is 32.0 Å². The number of amides is 1. The summed E-state index contributed by atoms with van der Waals surface area (Å²) in [5.41, 5.74) is 1.33. The first kappa shape index (κ1) is 26.7. The maximum atomic E-state index is 13.7. The predicted molar refractivity (Wildman–Crippen MR) is 137 cm³/mol. The van der Waals surface area contributed by atoms with Crippen LogP contribution in [-0.2, 0) is 4.79 Å². The molecule has 1 atom stereocenters. The number of rotatable bonds is 11. The third-order valence-electron chi connectivity index (χ3n) is 5.74. The fourth-order valence-electron chi connectivity index (χ4n) is 4.11. The number of aromatic nitrogens is 1. The van der Waals surface area contributed by atoms with Crippen molar-refractivity contribution < 1.29 is 24.2 Å². The van der Waals surface area contributed by atoms with Crippen molar-refractivity contribution in [3.8, 4) is 11.5 Å². The molecule has 0 saturated heterocycles. The van der Waals surface area contributed by atoms with E-state index in [0.29, 0.717) is 53.1 Å². The van der Waals surface area contributed by atoms with Crippen LogP contribution < -0.4 is 9.47 Å². The number of ether oxygens (including phenoxy) is 2. The summed E-state index contributed by atoms with van der Waals surface area (Å²) in [5.74, 6) is 0.00664. The molecule has 0 fully saturated rings. The van der Waals surface area contributed by atoms with Crippen LogP contribution in [0.25, 0.3) is 0 Å². The van der Waals surface area contributed by atoms with E-state index in [4.69, 9.17) is 9.47 Å². The van der Waals surface area contributed by atoms with Crippen molar-refractivity contribution in [2.75, 3.05) is 40.9 Å². The van der Waals surface area contributed by atoms with Gasteiger partial charge >= 0.3 is 0 Å². The van der Waals surface area contributed by atoms with E-state index in [-0.39, 0.29) is 11.4 Å². The second-order valence-corrected chi connectivity index (χ2v) is 10.6. The monoisotopic (exact) mass is 501 g/mol. The number of nitrogens with zero attached hydrogens (tertiary/aromatic N) is 3. The Hall–Kier alpha value is -2.91. The number of aliphatic hydroxyl groups excluding tert-OH is 1. The minimum atomic E-state index is -0.744. The highest BCUT2D eigenvalue weighted by Crippen LogP contribution is 2.42. The van der Waals surface area contributed by atoms with Crippen LogP contribution in [0.5, 0.6) is 11.5 Å². The largest absolute Gasteiger partial charge is 0.503 e. The lowest BCUT2D eigenvalue weighted by atomic mass is 9.94. The minimum Gasteiger partial charge on any atom is -0.503 e. The zero-order chi connectivity index (χ0) is 25.9. The molecule has 0 aliphatic carbocycles. The Balaban J connectivity index is 2.06. The third kappa shape index (κ3) is 5.85. The van der Waals surface area contributed by atoms with Gasteiger partial charge in [-0.1, -0.05) is 19.9 Å². The molecule has 190 valence electrons. The zero-order valence-electron chi connectivity index (χ0n) is 21.5. The van der Waals surface area contributed by atoms with E-state index < -0.39 is 17.7 Å².